The van der Waals surface area contributed by atoms with E-state index in [0.717, 1.165) is 16.7 Å². The predicted molar refractivity (Wildman–Crippen MR) is 112 cm³/mol. The van der Waals surface area contributed by atoms with Crippen LogP contribution >= 0.6 is 11.8 Å². The van der Waals surface area contributed by atoms with Gasteiger partial charge in [-0.2, -0.15) is 8.78 Å². The number of hydrogen-bond acceptors (Lipinski definition) is 5. The number of halogens is 2. The molecule has 1 N–H and O–H groups in total. The molecule has 1 saturated heterocycles. The summed E-state index contributed by atoms with van der Waals surface area (Å²) < 4.78 is 28.7. The fourth-order valence-corrected chi connectivity index (χ4v) is 4.82. The van der Waals surface area contributed by atoms with Crippen molar-refractivity contribution in [3.8, 4) is 5.75 Å². The van der Waals surface area contributed by atoms with Crippen LogP contribution in [0.15, 0.2) is 29.2 Å². The first-order valence-electron chi connectivity index (χ1n) is 10.5. The van der Waals surface area contributed by atoms with E-state index in [2.05, 4.69) is 10.1 Å². The minimum atomic E-state index is -2.91. The van der Waals surface area contributed by atoms with Gasteiger partial charge < -0.3 is 10.1 Å². The van der Waals surface area contributed by atoms with E-state index in [4.69, 9.17) is 0 Å². The van der Waals surface area contributed by atoms with Gasteiger partial charge in [0.1, 0.15) is 5.75 Å². The minimum absolute atomic E-state index is 0.0154. The first-order chi connectivity index (χ1) is 14.9. The van der Waals surface area contributed by atoms with Crippen molar-refractivity contribution in [2.45, 2.75) is 38.7 Å². The third-order valence-electron chi connectivity index (χ3n) is 5.81. The molecule has 3 aliphatic rings. The predicted octanol–water partition coefficient (Wildman–Crippen LogP) is 4.27. The van der Waals surface area contributed by atoms with E-state index in [9.17, 15) is 23.2 Å². The maximum absolute atomic E-state index is 12.6. The Morgan fingerprint density at radius 1 is 1.16 bits per heavy atom. The SMILES string of the molecule is O=C(CC(C1CC1)C1CC1)NCCN1C(=O)S/C(=C\c2ccc(OC(F)F)cc2)C1=O. The van der Waals surface area contributed by atoms with Crippen LogP contribution in [0.25, 0.3) is 6.08 Å². The maximum atomic E-state index is 12.6. The van der Waals surface area contributed by atoms with Crippen LogP contribution in [0, 0.1) is 17.8 Å². The van der Waals surface area contributed by atoms with Gasteiger partial charge in [0.05, 0.1) is 4.91 Å². The van der Waals surface area contributed by atoms with E-state index in [1.807, 2.05) is 0 Å². The smallest absolute Gasteiger partial charge is 0.387 e. The number of alkyl halides is 2. The van der Waals surface area contributed by atoms with Gasteiger partial charge >= 0.3 is 6.61 Å². The van der Waals surface area contributed by atoms with Crippen LogP contribution in [0.4, 0.5) is 13.6 Å². The zero-order valence-corrected chi connectivity index (χ0v) is 17.7. The first-order valence-corrected chi connectivity index (χ1v) is 11.3. The molecule has 4 rings (SSSR count). The highest BCUT2D eigenvalue weighted by molar-refractivity contribution is 8.18. The molecule has 1 aromatic carbocycles. The molecule has 9 heteroatoms. The van der Waals surface area contributed by atoms with Crippen molar-refractivity contribution >= 4 is 34.9 Å². The zero-order valence-electron chi connectivity index (χ0n) is 16.9. The Bertz CT molecular complexity index is 870. The standard InChI is InChI=1S/C22H24F2N2O4S/c23-21(24)30-16-7-1-13(2-8-16)11-18-20(28)26(22(29)31-18)10-9-25-19(27)12-17(14-3-4-14)15-5-6-15/h1-2,7-8,11,14-15,17,21H,3-6,9-10,12H2,(H,25,27)/b18-11-. The second-order valence-electron chi connectivity index (χ2n) is 8.17. The van der Waals surface area contributed by atoms with Crippen molar-refractivity contribution in [1.29, 1.82) is 0 Å². The van der Waals surface area contributed by atoms with Crippen LogP contribution in [0.1, 0.15) is 37.7 Å². The highest BCUT2D eigenvalue weighted by atomic mass is 32.2. The summed E-state index contributed by atoms with van der Waals surface area (Å²) in [5, 5.41) is 2.45. The number of hydrogen-bond donors (Lipinski definition) is 1. The first kappa shape index (κ1) is 21.8. The lowest BCUT2D eigenvalue weighted by Crippen LogP contribution is -2.37. The van der Waals surface area contributed by atoms with Crippen LogP contribution in [0.3, 0.4) is 0 Å². The Hall–Kier alpha value is -2.42. The molecule has 2 aliphatic carbocycles. The normalized spacial score (nSPS) is 20.3. The van der Waals surface area contributed by atoms with Gasteiger partial charge in [-0.05, 0) is 79.0 Å². The van der Waals surface area contributed by atoms with Crippen molar-refractivity contribution in [3.63, 3.8) is 0 Å². The fraction of sp³-hybridized carbons (Fsp3) is 0.500. The summed E-state index contributed by atoms with van der Waals surface area (Å²) in [6.07, 6.45) is 6.95. The quantitative estimate of drug-likeness (QED) is 0.539. The van der Waals surface area contributed by atoms with E-state index in [1.165, 1.54) is 56.0 Å². The van der Waals surface area contributed by atoms with E-state index in [0.29, 0.717) is 29.7 Å². The van der Waals surface area contributed by atoms with Crippen LogP contribution in [0.2, 0.25) is 0 Å². The zero-order chi connectivity index (χ0) is 22.0. The van der Waals surface area contributed by atoms with Crippen molar-refractivity contribution in [2.75, 3.05) is 13.1 Å². The number of nitrogens with zero attached hydrogens (tertiary/aromatic N) is 1. The molecule has 6 nitrogen and oxygen atoms in total. The van der Waals surface area contributed by atoms with Crippen LogP contribution in [-0.4, -0.2) is 41.7 Å². The number of amides is 3. The average Bonchev–Trinajstić information content (AvgIpc) is 3.63. The van der Waals surface area contributed by atoms with Gasteiger partial charge in [0, 0.05) is 19.5 Å². The number of nitrogens with one attached hydrogen (secondary N) is 1. The summed E-state index contributed by atoms with van der Waals surface area (Å²) >= 11 is 0.820. The number of carbonyl (C=O) groups excluding carboxylic acids is 3. The van der Waals surface area contributed by atoms with E-state index < -0.39 is 17.8 Å². The molecule has 0 spiro atoms. The molecule has 0 radical (unpaired) electrons. The molecule has 0 unspecified atom stereocenters. The molecule has 31 heavy (non-hydrogen) atoms. The molecule has 0 aromatic heterocycles. The molecule has 0 atom stereocenters. The second-order valence-corrected chi connectivity index (χ2v) is 9.17. The highest BCUT2D eigenvalue weighted by Gasteiger charge is 2.42. The fourth-order valence-electron chi connectivity index (χ4n) is 3.95. The van der Waals surface area contributed by atoms with Crippen molar-refractivity contribution < 1.29 is 27.9 Å². The van der Waals surface area contributed by atoms with Gasteiger partial charge in [-0.25, -0.2) is 0 Å². The number of rotatable bonds is 10. The minimum Gasteiger partial charge on any atom is -0.435 e. The molecule has 1 aliphatic heterocycles. The Morgan fingerprint density at radius 2 is 1.81 bits per heavy atom. The topological polar surface area (TPSA) is 75.7 Å². The van der Waals surface area contributed by atoms with Crippen molar-refractivity contribution in [2.24, 2.45) is 17.8 Å². The van der Waals surface area contributed by atoms with Gasteiger partial charge in [0.25, 0.3) is 11.1 Å². The second kappa shape index (κ2) is 9.38. The molecule has 1 heterocycles. The lowest BCUT2D eigenvalue weighted by molar-refractivity contribution is -0.124. The van der Waals surface area contributed by atoms with Crippen LogP contribution < -0.4 is 10.1 Å². The van der Waals surface area contributed by atoms with Gasteiger partial charge in [-0.1, -0.05) is 12.1 Å². The lowest BCUT2D eigenvalue weighted by Gasteiger charge is -2.16. The van der Waals surface area contributed by atoms with Gasteiger partial charge in [0.2, 0.25) is 5.91 Å². The van der Waals surface area contributed by atoms with Crippen LogP contribution in [0.5, 0.6) is 5.75 Å². The summed E-state index contributed by atoms with van der Waals surface area (Å²) in [6, 6.07) is 5.80. The lowest BCUT2D eigenvalue weighted by atomic mass is 9.94. The summed E-state index contributed by atoms with van der Waals surface area (Å²) in [4.78, 5) is 38.4. The molecule has 166 valence electrons. The third kappa shape index (κ3) is 5.84. The molecule has 1 aromatic rings. The van der Waals surface area contributed by atoms with E-state index in [-0.39, 0.29) is 29.7 Å². The number of carbonyl (C=O) groups is 3. The summed E-state index contributed by atoms with van der Waals surface area (Å²) in [7, 11) is 0. The van der Waals surface area contributed by atoms with Gasteiger partial charge in [-0.15, -0.1) is 0 Å². The van der Waals surface area contributed by atoms with Crippen molar-refractivity contribution in [1.82, 2.24) is 10.2 Å². The molecule has 3 fully saturated rings. The Morgan fingerprint density at radius 3 is 2.39 bits per heavy atom. The monoisotopic (exact) mass is 450 g/mol. The molecule has 2 saturated carbocycles. The number of imide groups is 1. The number of ether oxygens (including phenoxy) is 1. The third-order valence-corrected chi connectivity index (χ3v) is 6.72. The Kier molecular flexibility index (Phi) is 6.60. The van der Waals surface area contributed by atoms with Crippen LogP contribution in [-0.2, 0) is 9.59 Å². The average molecular weight is 451 g/mol. The van der Waals surface area contributed by atoms with Gasteiger partial charge in [0.15, 0.2) is 0 Å². The van der Waals surface area contributed by atoms with E-state index in [1.54, 1.807) is 0 Å². The Labute approximate surface area is 183 Å². The maximum Gasteiger partial charge on any atom is 0.387 e. The molecular formula is C22H24F2N2O4S. The molecule has 3 amide bonds. The number of benzene rings is 1. The Balaban J connectivity index is 1.27. The largest absolute Gasteiger partial charge is 0.435 e. The van der Waals surface area contributed by atoms with Crippen molar-refractivity contribution in [3.05, 3.63) is 34.7 Å². The van der Waals surface area contributed by atoms with Gasteiger partial charge in [-0.3, -0.25) is 19.3 Å². The summed E-state index contributed by atoms with van der Waals surface area (Å²) in [5.74, 6) is 1.45. The highest BCUT2D eigenvalue weighted by Crippen LogP contribution is 2.50. The summed E-state index contributed by atoms with van der Waals surface area (Å²) in [5.41, 5.74) is 0.589. The number of thioether (sulfide) groups is 1. The molecule has 0 bridgehead atoms. The molecular weight excluding hydrogens is 426 g/mol. The summed E-state index contributed by atoms with van der Waals surface area (Å²) in [6.45, 7) is -2.56. The van der Waals surface area contributed by atoms with E-state index >= 15 is 0 Å².